The Kier molecular flexibility index (Phi) is 4.93. The smallest absolute Gasteiger partial charge is 0.323 e. The molecule has 2 aromatic carbocycles. The number of H-pyrrole nitrogens is 2. The van der Waals surface area contributed by atoms with E-state index in [0.29, 0.717) is 21.9 Å². The zero-order valence-corrected chi connectivity index (χ0v) is 16.9. The first kappa shape index (κ1) is 18.9. The number of aromatic nitrogens is 6. The van der Waals surface area contributed by atoms with Crippen LogP contribution in [0, 0.1) is 13.8 Å². The lowest BCUT2D eigenvalue weighted by atomic mass is 10.1. The van der Waals surface area contributed by atoms with Gasteiger partial charge in [0, 0.05) is 5.69 Å². The number of imidazole rings is 1. The highest BCUT2D eigenvalue weighted by molar-refractivity contribution is 8.00. The molecule has 9 nitrogen and oxygen atoms in total. The molecule has 1 atom stereocenters. The highest BCUT2D eigenvalue weighted by atomic mass is 32.2. The van der Waals surface area contributed by atoms with Gasteiger partial charge in [-0.25, -0.2) is 4.79 Å². The average molecular weight is 409 g/mol. The summed E-state index contributed by atoms with van der Waals surface area (Å²) in [4.78, 5) is 29.4. The minimum absolute atomic E-state index is 0.192. The van der Waals surface area contributed by atoms with Crippen molar-refractivity contribution < 1.29 is 4.79 Å². The lowest BCUT2D eigenvalue weighted by Gasteiger charge is -2.12. The molecule has 148 valence electrons. The van der Waals surface area contributed by atoms with Crippen molar-refractivity contribution in [2.24, 2.45) is 0 Å². The average Bonchev–Trinajstić information content (AvgIpc) is 3.25. The van der Waals surface area contributed by atoms with Crippen LogP contribution in [-0.4, -0.2) is 41.3 Å². The number of amides is 1. The summed E-state index contributed by atoms with van der Waals surface area (Å²) in [5, 5.41) is 14.8. The molecule has 2 aromatic heterocycles. The fourth-order valence-corrected chi connectivity index (χ4v) is 3.86. The van der Waals surface area contributed by atoms with E-state index < -0.39 is 5.25 Å². The number of anilines is 1. The van der Waals surface area contributed by atoms with E-state index in [2.05, 4.69) is 36.9 Å². The number of tetrazole rings is 1. The monoisotopic (exact) mass is 409 g/mol. The molecule has 0 aliphatic rings. The fourth-order valence-electron chi connectivity index (χ4n) is 3.05. The molecule has 0 aliphatic carbocycles. The van der Waals surface area contributed by atoms with Crippen LogP contribution in [-0.2, 0) is 4.79 Å². The molecule has 1 amide bonds. The first-order valence-electron chi connectivity index (χ1n) is 8.96. The van der Waals surface area contributed by atoms with Crippen molar-refractivity contribution in [1.29, 1.82) is 0 Å². The van der Waals surface area contributed by atoms with Gasteiger partial charge in [0.25, 0.3) is 0 Å². The quantitative estimate of drug-likeness (QED) is 0.436. The number of aromatic amines is 2. The second-order valence-corrected chi connectivity index (χ2v) is 8.12. The van der Waals surface area contributed by atoms with E-state index in [-0.39, 0.29) is 11.6 Å². The molecule has 0 spiro atoms. The molecule has 2 heterocycles. The van der Waals surface area contributed by atoms with Crippen LogP contribution in [0.15, 0.2) is 46.3 Å². The van der Waals surface area contributed by atoms with Crippen molar-refractivity contribution in [2.75, 3.05) is 5.32 Å². The predicted octanol–water partition coefficient (Wildman–Crippen LogP) is 2.57. The van der Waals surface area contributed by atoms with Gasteiger partial charge in [-0.15, -0.1) is 5.10 Å². The number of nitrogens with one attached hydrogen (secondary N) is 3. The topological polar surface area (TPSA) is 121 Å². The van der Waals surface area contributed by atoms with E-state index in [1.165, 1.54) is 11.8 Å². The summed E-state index contributed by atoms with van der Waals surface area (Å²) in [6.07, 6.45) is 0. The van der Waals surface area contributed by atoms with Crippen molar-refractivity contribution in [3.05, 3.63) is 58.0 Å². The Hall–Kier alpha value is -3.40. The maximum atomic E-state index is 12.6. The number of benzene rings is 2. The van der Waals surface area contributed by atoms with E-state index in [0.717, 1.165) is 16.8 Å². The molecule has 3 N–H and O–H groups in total. The highest BCUT2D eigenvalue weighted by Gasteiger charge is 2.20. The Balaban J connectivity index is 1.50. The Morgan fingerprint density at radius 3 is 2.59 bits per heavy atom. The largest absolute Gasteiger partial charge is 0.325 e. The number of aryl methyl sites for hydroxylation is 2. The molecular weight excluding hydrogens is 390 g/mol. The van der Waals surface area contributed by atoms with E-state index >= 15 is 0 Å². The van der Waals surface area contributed by atoms with Crippen molar-refractivity contribution in [3.8, 4) is 5.69 Å². The second kappa shape index (κ2) is 7.55. The first-order chi connectivity index (χ1) is 13.9. The van der Waals surface area contributed by atoms with Gasteiger partial charge >= 0.3 is 5.69 Å². The van der Waals surface area contributed by atoms with Crippen LogP contribution in [0.3, 0.4) is 0 Å². The molecule has 4 aromatic rings. The van der Waals surface area contributed by atoms with Gasteiger partial charge in [0.2, 0.25) is 11.1 Å². The Morgan fingerprint density at radius 1 is 1.10 bits per heavy atom. The highest BCUT2D eigenvalue weighted by Crippen LogP contribution is 2.25. The maximum Gasteiger partial charge on any atom is 0.323 e. The van der Waals surface area contributed by atoms with Gasteiger partial charge in [0.1, 0.15) is 0 Å². The molecule has 0 radical (unpaired) electrons. The first-order valence-corrected chi connectivity index (χ1v) is 9.83. The zero-order valence-electron chi connectivity index (χ0n) is 16.1. The molecule has 0 bridgehead atoms. The van der Waals surface area contributed by atoms with Gasteiger partial charge in [-0.1, -0.05) is 17.8 Å². The van der Waals surface area contributed by atoms with Crippen molar-refractivity contribution >= 4 is 34.4 Å². The number of hydrogen-bond donors (Lipinski definition) is 3. The molecule has 10 heteroatoms. The van der Waals surface area contributed by atoms with Crippen LogP contribution >= 0.6 is 11.8 Å². The number of carbonyl (C=O) groups excluding carboxylic acids is 1. The molecular formula is C19H19N7O2S. The van der Waals surface area contributed by atoms with E-state index in [9.17, 15) is 9.59 Å². The van der Waals surface area contributed by atoms with Gasteiger partial charge in [0.05, 0.1) is 22.0 Å². The normalized spacial score (nSPS) is 12.2. The van der Waals surface area contributed by atoms with Gasteiger partial charge in [-0.3, -0.25) is 4.79 Å². The molecule has 0 saturated heterocycles. The fraction of sp³-hybridized carbons (Fsp3) is 0.211. The molecule has 0 aliphatic heterocycles. The van der Waals surface area contributed by atoms with Crippen LogP contribution in [0.4, 0.5) is 5.69 Å². The molecule has 0 saturated carbocycles. The van der Waals surface area contributed by atoms with Gasteiger partial charge < -0.3 is 15.3 Å². The molecule has 4 rings (SSSR count). The predicted molar refractivity (Wildman–Crippen MR) is 111 cm³/mol. The third-order valence-electron chi connectivity index (χ3n) is 4.33. The Bertz CT molecular complexity index is 1240. The van der Waals surface area contributed by atoms with Crippen molar-refractivity contribution in [3.63, 3.8) is 0 Å². The van der Waals surface area contributed by atoms with E-state index in [1.807, 2.05) is 26.0 Å². The summed E-state index contributed by atoms with van der Waals surface area (Å²) in [7, 11) is 0. The molecule has 29 heavy (non-hydrogen) atoms. The van der Waals surface area contributed by atoms with Gasteiger partial charge in [-0.2, -0.15) is 4.68 Å². The van der Waals surface area contributed by atoms with Crippen LogP contribution < -0.4 is 11.0 Å². The zero-order chi connectivity index (χ0) is 20.5. The minimum atomic E-state index is -0.438. The summed E-state index contributed by atoms with van der Waals surface area (Å²) < 4.78 is 1.63. The Morgan fingerprint density at radius 2 is 1.83 bits per heavy atom. The number of nitrogens with zero attached hydrogens (tertiary/aromatic N) is 4. The van der Waals surface area contributed by atoms with Crippen molar-refractivity contribution in [2.45, 2.75) is 31.2 Å². The maximum absolute atomic E-state index is 12.6. The van der Waals surface area contributed by atoms with E-state index in [4.69, 9.17) is 0 Å². The minimum Gasteiger partial charge on any atom is -0.325 e. The number of carbonyl (C=O) groups is 1. The third-order valence-corrected chi connectivity index (χ3v) is 5.36. The van der Waals surface area contributed by atoms with Crippen LogP contribution in [0.5, 0.6) is 0 Å². The van der Waals surface area contributed by atoms with Gasteiger partial charge in [-0.05, 0) is 72.7 Å². The number of fused-ring (bicyclic) bond motifs is 1. The SMILES string of the molecule is Cc1cc(C)cc(-n2nnnc2S[C@@H](C)C(=O)Nc2ccc3[nH]c(=O)[nH]c3c2)c1. The van der Waals surface area contributed by atoms with Crippen LogP contribution in [0.25, 0.3) is 16.7 Å². The summed E-state index contributed by atoms with van der Waals surface area (Å²) >= 11 is 1.27. The van der Waals surface area contributed by atoms with Crippen LogP contribution in [0.2, 0.25) is 0 Å². The summed E-state index contributed by atoms with van der Waals surface area (Å²) in [6, 6.07) is 11.2. The second-order valence-electron chi connectivity index (χ2n) is 6.81. The summed E-state index contributed by atoms with van der Waals surface area (Å²) in [5.41, 5.74) is 4.69. The third kappa shape index (κ3) is 4.06. The number of hydrogen-bond acceptors (Lipinski definition) is 6. The van der Waals surface area contributed by atoms with Gasteiger partial charge in [0.15, 0.2) is 0 Å². The number of rotatable bonds is 5. The summed E-state index contributed by atoms with van der Waals surface area (Å²) in [6.45, 7) is 5.81. The van der Waals surface area contributed by atoms with Crippen LogP contribution in [0.1, 0.15) is 18.1 Å². The Labute approximate surface area is 169 Å². The van der Waals surface area contributed by atoms with Crippen molar-refractivity contribution in [1.82, 2.24) is 30.2 Å². The lowest BCUT2D eigenvalue weighted by Crippen LogP contribution is -2.22. The summed E-state index contributed by atoms with van der Waals surface area (Å²) in [5.74, 6) is -0.192. The molecule has 0 fully saturated rings. The molecule has 0 unspecified atom stereocenters. The number of thioether (sulfide) groups is 1. The standard InChI is InChI=1S/C19H19N7O2S/c1-10-6-11(2)8-14(7-10)26-19(23-24-25-26)29-12(3)17(27)20-13-4-5-15-16(9-13)22-18(28)21-15/h4-9,12H,1-3H3,(H,20,27)(H2,21,22,28)/t12-/m0/s1. The van der Waals surface area contributed by atoms with E-state index in [1.54, 1.807) is 29.8 Å². The lowest BCUT2D eigenvalue weighted by molar-refractivity contribution is -0.115.